The van der Waals surface area contributed by atoms with Gasteiger partial charge < -0.3 is 24.1 Å². The van der Waals surface area contributed by atoms with Crippen LogP contribution in [-0.2, 0) is 4.79 Å². The lowest BCUT2D eigenvalue weighted by atomic mass is 10.1. The van der Waals surface area contributed by atoms with Crippen molar-refractivity contribution in [2.24, 2.45) is 0 Å². The lowest BCUT2D eigenvalue weighted by Gasteiger charge is -2.25. The molecule has 1 N–H and O–H groups in total. The van der Waals surface area contributed by atoms with E-state index in [1.165, 1.54) is 12.6 Å². The number of halogens is 3. The summed E-state index contributed by atoms with van der Waals surface area (Å²) in [7, 11) is 1.60. The van der Waals surface area contributed by atoms with Gasteiger partial charge in [-0.1, -0.05) is 0 Å². The Kier molecular flexibility index (Phi) is 6.13. The van der Waals surface area contributed by atoms with Crippen LogP contribution in [-0.4, -0.2) is 70.3 Å². The molecule has 2 aromatic rings. The highest BCUT2D eigenvalue weighted by Crippen LogP contribution is 2.35. The number of likely N-dealkylation sites (tertiary alicyclic amines) is 1. The number of aliphatic carboxylic acids is 1. The average Bonchev–Trinajstić information content (AvgIpc) is 3.44. The van der Waals surface area contributed by atoms with Gasteiger partial charge in [0.05, 0.1) is 25.5 Å². The number of alkyl halides is 3. The second-order valence-electron chi connectivity index (χ2n) is 6.60. The Morgan fingerprint density at radius 3 is 2.53 bits per heavy atom. The number of ether oxygens (including phenoxy) is 1. The van der Waals surface area contributed by atoms with Crippen LogP contribution >= 0.6 is 0 Å². The lowest BCUT2D eigenvalue weighted by molar-refractivity contribution is -0.192. The van der Waals surface area contributed by atoms with Crippen molar-refractivity contribution in [1.29, 1.82) is 0 Å². The van der Waals surface area contributed by atoms with Gasteiger partial charge in [-0.3, -0.25) is 4.79 Å². The minimum Gasteiger partial charge on any atom is -0.481 e. The van der Waals surface area contributed by atoms with Gasteiger partial charge in [-0.15, -0.1) is 0 Å². The summed E-state index contributed by atoms with van der Waals surface area (Å²) in [5, 5.41) is 7.12. The molecular formula is C18H19F3N4O5. The van der Waals surface area contributed by atoms with Crippen molar-refractivity contribution >= 4 is 17.7 Å². The molecule has 0 bridgehead atoms. The molecule has 9 nitrogen and oxygen atoms in total. The molecule has 4 heterocycles. The maximum absolute atomic E-state index is 12.6. The summed E-state index contributed by atoms with van der Waals surface area (Å²) < 4.78 is 42.2. The molecule has 0 aliphatic carbocycles. The highest BCUT2D eigenvalue weighted by molar-refractivity contribution is 5.92. The van der Waals surface area contributed by atoms with Crippen LogP contribution in [0.1, 0.15) is 23.4 Å². The number of carboxylic acids is 1. The maximum atomic E-state index is 12.6. The number of hydrogen-bond donors (Lipinski definition) is 1. The Bertz CT molecular complexity index is 890. The fourth-order valence-electron chi connectivity index (χ4n) is 3.66. The Hall–Kier alpha value is -3.31. The predicted molar refractivity (Wildman–Crippen MR) is 96.2 cm³/mol. The van der Waals surface area contributed by atoms with E-state index in [1.807, 2.05) is 11.0 Å². The number of nitrogens with zero attached hydrogens (tertiary/aromatic N) is 4. The maximum Gasteiger partial charge on any atom is 0.490 e. The molecule has 162 valence electrons. The van der Waals surface area contributed by atoms with Crippen LogP contribution in [0.15, 0.2) is 35.2 Å². The standard InChI is InChI=1S/C16H18N4O3.C2HF3O2/c1-22-15-9-14(17-10-18-15)19-6-4-12-11(19)5-7-20(12)16(21)13-3-2-8-23-13;3-2(4,5)1(6)7/h2-3,8-12H,4-7H2,1H3;(H,6,7)/t11-,12+;/m0./s1. The number of methoxy groups -OCH3 is 1. The molecule has 1 amide bonds. The summed E-state index contributed by atoms with van der Waals surface area (Å²) in [6, 6.07) is 5.80. The van der Waals surface area contributed by atoms with Crippen molar-refractivity contribution in [2.75, 3.05) is 25.1 Å². The molecular weight excluding hydrogens is 409 g/mol. The molecule has 2 atom stereocenters. The molecule has 0 radical (unpaired) electrons. The third-order valence-corrected chi connectivity index (χ3v) is 4.94. The number of carbonyl (C=O) groups is 2. The van der Waals surface area contributed by atoms with Gasteiger partial charge in [0.25, 0.3) is 5.91 Å². The summed E-state index contributed by atoms with van der Waals surface area (Å²) in [6.45, 7) is 1.62. The quantitative estimate of drug-likeness (QED) is 0.793. The normalized spacial score (nSPS) is 20.4. The van der Waals surface area contributed by atoms with E-state index < -0.39 is 12.1 Å². The fourth-order valence-corrected chi connectivity index (χ4v) is 3.66. The lowest BCUT2D eigenvalue weighted by Crippen LogP contribution is -2.39. The van der Waals surface area contributed by atoms with Crippen LogP contribution in [0.2, 0.25) is 0 Å². The van der Waals surface area contributed by atoms with Crippen LogP contribution in [0.5, 0.6) is 5.88 Å². The van der Waals surface area contributed by atoms with Crippen molar-refractivity contribution in [1.82, 2.24) is 14.9 Å². The summed E-state index contributed by atoms with van der Waals surface area (Å²) in [6.07, 6.45) is -0.163. The SMILES string of the molecule is COc1cc(N2CC[C@@H]3[C@@H]2CCN3C(=O)c2ccco2)ncn1.O=C(O)C(F)(F)F. The molecule has 2 saturated heterocycles. The van der Waals surface area contributed by atoms with Gasteiger partial charge in [-0.25, -0.2) is 14.8 Å². The highest BCUT2D eigenvalue weighted by atomic mass is 19.4. The summed E-state index contributed by atoms with van der Waals surface area (Å²) >= 11 is 0. The van der Waals surface area contributed by atoms with Gasteiger partial charge in [-0.05, 0) is 25.0 Å². The summed E-state index contributed by atoms with van der Waals surface area (Å²) in [4.78, 5) is 34.1. The smallest absolute Gasteiger partial charge is 0.481 e. The van der Waals surface area contributed by atoms with E-state index in [0.717, 1.165) is 31.7 Å². The second-order valence-corrected chi connectivity index (χ2v) is 6.60. The van der Waals surface area contributed by atoms with E-state index in [0.29, 0.717) is 11.6 Å². The number of rotatable bonds is 3. The molecule has 2 aliphatic heterocycles. The first kappa shape index (κ1) is 21.4. The van der Waals surface area contributed by atoms with E-state index in [4.69, 9.17) is 19.1 Å². The Morgan fingerprint density at radius 2 is 1.93 bits per heavy atom. The fraction of sp³-hybridized carbons (Fsp3) is 0.444. The number of fused-ring (bicyclic) bond motifs is 1. The molecule has 2 aromatic heterocycles. The van der Waals surface area contributed by atoms with Crippen molar-refractivity contribution in [2.45, 2.75) is 31.1 Å². The Labute approximate surface area is 169 Å². The van der Waals surface area contributed by atoms with Gasteiger partial charge in [0.2, 0.25) is 5.88 Å². The topological polar surface area (TPSA) is 109 Å². The first-order valence-corrected chi connectivity index (χ1v) is 8.99. The van der Waals surface area contributed by atoms with E-state index in [1.54, 1.807) is 19.2 Å². The molecule has 12 heteroatoms. The first-order chi connectivity index (χ1) is 14.2. The molecule has 30 heavy (non-hydrogen) atoms. The number of anilines is 1. The van der Waals surface area contributed by atoms with Crippen LogP contribution < -0.4 is 9.64 Å². The van der Waals surface area contributed by atoms with Gasteiger partial charge >= 0.3 is 12.1 Å². The van der Waals surface area contributed by atoms with Gasteiger partial charge in [-0.2, -0.15) is 13.2 Å². The third kappa shape index (κ3) is 4.47. The Balaban J connectivity index is 0.000000318. The molecule has 0 spiro atoms. The monoisotopic (exact) mass is 428 g/mol. The number of hydrogen-bond acceptors (Lipinski definition) is 7. The van der Waals surface area contributed by atoms with Crippen LogP contribution in [0, 0.1) is 0 Å². The summed E-state index contributed by atoms with van der Waals surface area (Å²) in [5.41, 5.74) is 0. The number of aromatic nitrogens is 2. The van der Waals surface area contributed by atoms with E-state index in [9.17, 15) is 18.0 Å². The molecule has 4 rings (SSSR count). The van der Waals surface area contributed by atoms with Crippen molar-refractivity contribution < 1.29 is 37.0 Å². The molecule has 0 unspecified atom stereocenters. The largest absolute Gasteiger partial charge is 0.490 e. The summed E-state index contributed by atoms with van der Waals surface area (Å²) in [5.74, 6) is -0.957. The van der Waals surface area contributed by atoms with Crippen LogP contribution in [0.25, 0.3) is 0 Å². The first-order valence-electron chi connectivity index (χ1n) is 8.99. The molecule has 0 aromatic carbocycles. The molecule has 2 fully saturated rings. The van der Waals surface area contributed by atoms with Crippen LogP contribution in [0.4, 0.5) is 19.0 Å². The molecule has 2 aliphatic rings. The van der Waals surface area contributed by atoms with E-state index in [-0.39, 0.29) is 18.0 Å². The Morgan fingerprint density at radius 1 is 1.23 bits per heavy atom. The number of furan rings is 1. The van der Waals surface area contributed by atoms with Gasteiger partial charge in [0.1, 0.15) is 12.1 Å². The third-order valence-electron chi connectivity index (χ3n) is 4.94. The molecule has 0 saturated carbocycles. The minimum atomic E-state index is -5.08. The number of carbonyl (C=O) groups excluding carboxylic acids is 1. The minimum absolute atomic E-state index is 0.0235. The number of amides is 1. The van der Waals surface area contributed by atoms with E-state index in [2.05, 4.69) is 14.9 Å². The van der Waals surface area contributed by atoms with Crippen molar-refractivity contribution in [3.05, 3.63) is 36.5 Å². The van der Waals surface area contributed by atoms with E-state index >= 15 is 0 Å². The zero-order chi connectivity index (χ0) is 21.9. The highest BCUT2D eigenvalue weighted by Gasteiger charge is 2.45. The second kappa shape index (κ2) is 8.59. The van der Waals surface area contributed by atoms with Gasteiger partial charge in [0, 0.05) is 19.2 Å². The number of carboxylic acid groups (broad SMARTS) is 1. The van der Waals surface area contributed by atoms with Crippen molar-refractivity contribution in [3.8, 4) is 5.88 Å². The van der Waals surface area contributed by atoms with Gasteiger partial charge in [0.15, 0.2) is 5.76 Å². The van der Waals surface area contributed by atoms with Crippen molar-refractivity contribution in [3.63, 3.8) is 0 Å². The van der Waals surface area contributed by atoms with Crippen LogP contribution in [0.3, 0.4) is 0 Å². The zero-order valence-corrected chi connectivity index (χ0v) is 15.9. The predicted octanol–water partition coefficient (Wildman–Crippen LogP) is 2.20. The zero-order valence-electron chi connectivity index (χ0n) is 15.9. The average molecular weight is 428 g/mol.